The number of nitrogens with two attached hydrogens (primary N) is 1. The third kappa shape index (κ3) is 8.66. The quantitative estimate of drug-likeness (QED) is 0.0937. The van der Waals surface area contributed by atoms with E-state index in [4.69, 9.17) is 15.2 Å². The zero-order chi connectivity index (χ0) is 39.0. The van der Waals surface area contributed by atoms with Gasteiger partial charge in [0.15, 0.2) is 5.71 Å². The molecule has 5 rings (SSSR count). The number of rotatable bonds is 19. The maximum Gasteiger partial charge on any atom is 0.220 e. The number of primary amides is 1. The zero-order valence-electron chi connectivity index (χ0n) is 32.1. The standard InChI is InChI=1S/C42H53N5O7/c1-6-46-32-14-9-7-12-30(32)41(2,3)34(46)26-28-39(51)29(40(28)52)27-35-42(4,5)31-13-8-10-15-33(31)47(35)21-11-16-37(49)44-19-22-53-24-25-54-23-20-45-38(50)18-17-36(43)48/h7-10,12-15,26-27H,6,11,16-25H2,1-5H3,(H4-,43,44,45,48,49,50,51,52)/p+1. The fraction of sp³-hybridized carbons (Fsp3) is 0.452. The van der Waals surface area contributed by atoms with Crippen molar-refractivity contribution < 1.29 is 38.3 Å². The zero-order valence-corrected chi connectivity index (χ0v) is 32.1. The highest BCUT2D eigenvalue weighted by molar-refractivity contribution is 6.24. The van der Waals surface area contributed by atoms with Crippen molar-refractivity contribution in [3.63, 3.8) is 0 Å². The Balaban J connectivity index is 1.15. The lowest BCUT2D eigenvalue weighted by atomic mass is 9.77. The van der Waals surface area contributed by atoms with Crippen LogP contribution in [0.4, 0.5) is 11.4 Å². The number of fused-ring (bicyclic) bond motifs is 2. The van der Waals surface area contributed by atoms with Gasteiger partial charge in [-0.3, -0.25) is 19.2 Å². The predicted molar refractivity (Wildman–Crippen MR) is 208 cm³/mol. The van der Waals surface area contributed by atoms with E-state index in [0.717, 1.165) is 34.9 Å². The van der Waals surface area contributed by atoms with E-state index in [0.29, 0.717) is 70.0 Å². The van der Waals surface area contributed by atoms with Crippen LogP contribution in [-0.2, 0) is 39.5 Å². The van der Waals surface area contributed by atoms with E-state index in [2.05, 4.69) is 79.0 Å². The first-order chi connectivity index (χ1) is 25.8. The molecule has 1 aliphatic carbocycles. The fourth-order valence-corrected chi connectivity index (χ4v) is 7.43. The smallest absolute Gasteiger partial charge is 0.220 e. The van der Waals surface area contributed by atoms with Crippen LogP contribution < -0.4 is 21.3 Å². The van der Waals surface area contributed by atoms with Crippen molar-refractivity contribution in [2.24, 2.45) is 5.73 Å². The van der Waals surface area contributed by atoms with E-state index in [-0.39, 0.29) is 41.6 Å². The number of Topliss-reactive ketones (excluding diaryl/α,β-unsaturated/α-hetero) is 1. The lowest BCUT2D eigenvalue weighted by molar-refractivity contribution is -0.438. The lowest BCUT2D eigenvalue weighted by Gasteiger charge is -2.28. The van der Waals surface area contributed by atoms with E-state index in [1.54, 1.807) is 0 Å². The van der Waals surface area contributed by atoms with Gasteiger partial charge in [0.2, 0.25) is 29.2 Å². The minimum Gasteiger partial charge on any atom is -0.506 e. The van der Waals surface area contributed by atoms with Crippen LogP contribution in [0.25, 0.3) is 0 Å². The number of ketones is 1. The number of carbonyl (C=O) groups is 4. The van der Waals surface area contributed by atoms with Crippen molar-refractivity contribution in [1.82, 2.24) is 10.6 Å². The molecule has 0 radical (unpaired) electrons. The number of anilines is 1. The van der Waals surface area contributed by atoms with Crippen LogP contribution in [0.15, 0.2) is 83.3 Å². The van der Waals surface area contributed by atoms with Crippen LogP contribution in [0.3, 0.4) is 0 Å². The number of para-hydroxylation sites is 2. The number of allylic oxidation sites excluding steroid dienone is 5. The van der Waals surface area contributed by atoms with Gasteiger partial charge < -0.3 is 35.8 Å². The number of hydrogen-bond acceptors (Lipinski definition) is 8. The number of carbonyl (C=O) groups excluding carboxylic acids is 4. The van der Waals surface area contributed by atoms with E-state index in [1.165, 1.54) is 5.56 Å². The van der Waals surface area contributed by atoms with E-state index in [1.807, 2.05) is 36.4 Å². The van der Waals surface area contributed by atoms with Crippen molar-refractivity contribution >= 4 is 40.6 Å². The second-order valence-electron chi connectivity index (χ2n) is 14.7. The van der Waals surface area contributed by atoms with Crippen LogP contribution in [0.1, 0.15) is 71.4 Å². The van der Waals surface area contributed by atoms with Gasteiger partial charge in [-0.05, 0) is 38.5 Å². The Morgan fingerprint density at radius 3 is 2.07 bits per heavy atom. The maximum absolute atomic E-state index is 13.7. The first-order valence-electron chi connectivity index (χ1n) is 18.8. The van der Waals surface area contributed by atoms with Gasteiger partial charge in [-0.1, -0.05) is 50.2 Å². The molecule has 2 aromatic carbocycles. The Morgan fingerprint density at radius 2 is 1.44 bits per heavy atom. The van der Waals surface area contributed by atoms with E-state index >= 15 is 0 Å². The molecule has 5 N–H and O–H groups in total. The Labute approximate surface area is 317 Å². The van der Waals surface area contributed by atoms with E-state index in [9.17, 15) is 24.3 Å². The highest BCUT2D eigenvalue weighted by Crippen LogP contribution is 2.49. The van der Waals surface area contributed by atoms with Gasteiger partial charge in [0, 0.05) is 79.8 Å². The van der Waals surface area contributed by atoms with Gasteiger partial charge >= 0.3 is 0 Å². The van der Waals surface area contributed by atoms with Gasteiger partial charge in [0.25, 0.3) is 0 Å². The summed E-state index contributed by atoms with van der Waals surface area (Å²) in [6.45, 7) is 14.0. The lowest BCUT2D eigenvalue weighted by Crippen LogP contribution is -2.32. The van der Waals surface area contributed by atoms with Crippen molar-refractivity contribution in [1.29, 1.82) is 0 Å². The summed E-state index contributed by atoms with van der Waals surface area (Å²) in [4.78, 5) is 50.9. The number of aliphatic hydroxyl groups is 1. The summed E-state index contributed by atoms with van der Waals surface area (Å²) in [5.41, 5.74) is 11.2. The molecule has 0 saturated carbocycles. The van der Waals surface area contributed by atoms with Crippen LogP contribution in [0.5, 0.6) is 0 Å². The summed E-state index contributed by atoms with van der Waals surface area (Å²) >= 11 is 0. The highest BCUT2D eigenvalue weighted by Gasteiger charge is 2.47. The fourth-order valence-electron chi connectivity index (χ4n) is 7.43. The molecule has 2 heterocycles. The maximum atomic E-state index is 13.7. The average molecular weight is 741 g/mol. The minimum absolute atomic E-state index is 0.00452. The van der Waals surface area contributed by atoms with Crippen molar-refractivity contribution in [2.45, 2.75) is 71.1 Å². The normalized spacial score (nSPS) is 18.2. The summed E-state index contributed by atoms with van der Waals surface area (Å²) in [6.07, 6.45) is 4.65. The molecule has 3 aliphatic rings. The van der Waals surface area contributed by atoms with Crippen molar-refractivity contribution in [2.75, 3.05) is 57.5 Å². The Bertz CT molecular complexity index is 1910. The Kier molecular flexibility index (Phi) is 12.9. The van der Waals surface area contributed by atoms with Crippen molar-refractivity contribution in [3.05, 3.63) is 94.4 Å². The molecule has 12 nitrogen and oxygen atoms in total. The second-order valence-corrected chi connectivity index (χ2v) is 14.7. The average Bonchev–Trinajstić information content (AvgIpc) is 3.50. The number of aliphatic hydroxyl groups excluding tert-OH is 1. The molecular weight excluding hydrogens is 686 g/mol. The summed E-state index contributed by atoms with van der Waals surface area (Å²) in [6, 6.07) is 16.4. The monoisotopic (exact) mass is 740 g/mol. The molecular formula is C42H54N5O7+. The SMILES string of the molecule is CCN1/C(=C/C2=C(O)C(=C\C3=[N+](CCCC(=O)NCCOCCOCCNC(=O)CCC(N)=O)c4ccccc4C3(C)C)/C2=O)C(C)(C)c2ccccc21. The number of nitrogens with zero attached hydrogens (tertiary/aromatic N) is 2. The van der Waals surface area contributed by atoms with Gasteiger partial charge in [-0.2, -0.15) is 4.58 Å². The number of ether oxygens (including phenoxy) is 2. The molecule has 0 aromatic heterocycles. The largest absolute Gasteiger partial charge is 0.506 e. The third-order valence-corrected chi connectivity index (χ3v) is 10.4. The van der Waals surface area contributed by atoms with Crippen LogP contribution >= 0.6 is 0 Å². The number of benzene rings is 2. The first-order valence-corrected chi connectivity index (χ1v) is 18.8. The van der Waals surface area contributed by atoms with Crippen LogP contribution in [0.2, 0.25) is 0 Å². The predicted octanol–water partition coefficient (Wildman–Crippen LogP) is 4.40. The number of hydrogen-bond donors (Lipinski definition) is 4. The van der Waals surface area contributed by atoms with Gasteiger partial charge in [0.1, 0.15) is 12.3 Å². The summed E-state index contributed by atoms with van der Waals surface area (Å²) in [7, 11) is 0. The number of nitrogens with one attached hydrogen (secondary N) is 2. The topological polar surface area (TPSA) is 163 Å². The van der Waals surface area contributed by atoms with Gasteiger partial charge in [-0.25, -0.2) is 0 Å². The first kappa shape index (κ1) is 40.1. The molecule has 54 heavy (non-hydrogen) atoms. The summed E-state index contributed by atoms with van der Waals surface area (Å²) < 4.78 is 13.1. The van der Waals surface area contributed by atoms with Crippen LogP contribution in [-0.4, -0.2) is 91.5 Å². The molecule has 0 atom stereocenters. The Morgan fingerprint density at radius 1 is 0.833 bits per heavy atom. The number of likely N-dealkylation sites (N-methyl/N-ethyl adjacent to an activating group) is 1. The molecule has 0 fully saturated rings. The van der Waals surface area contributed by atoms with E-state index < -0.39 is 11.3 Å². The van der Waals surface area contributed by atoms with Crippen LogP contribution in [0, 0.1) is 0 Å². The van der Waals surface area contributed by atoms with Gasteiger partial charge in [-0.15, -0.1) is 0 Å². The molecule has 288 valence electrons. The summed E-state index contributed by atoms with van der Waals surface area (Å²) in [5.74, 6) is -1.03. The molecule has 12 heteroatoms. The molecule has 0 spiro atoms. The van der Waals surface area contributed by atoms with Gasteiger partial charge in [0.05, 0.1) is 43.0 Å². The second kappa shape index (κ2) is 17.4. The Hall–Kier alpha value is -5.07. The highest BCUT2D eigenvalue weighted by atomic mass is 16.5. The minimum atomic E-state index is -0.514. The molecule has 0 saturated heterocycles. The third-order valence-electron chi connectivity index (χ3n) is 10.4. The molecule has 2 aromatic rings. The molecule has 0 unspecified atom stereocenters. The van der Waals surface area contributed by atoms with Crippen molar-refractivity contribution in [3.8, 4) is 0 Å². The molecule has 0 bridgehead atoms. The number of amides is 3. The molecule has 3 amide bonds. The molecule has 2 aliphatic heterocycles. The summed E-state index contributed by atoms with van der Waals surface area (Å²) in [5, 5.41) is 16.9.